The van der Waals surface area contributed by atoms with Crippen molar-refractivity contribution in [3.05, 3.63) is 63.2 Å². The van der Waals surface area contributed by atoms with Gasteiger partial charge in [-0.3, -0.25) is 14.9 Å². The van der Waals surface area contributed by atoms with E-state index in [4.69, 9.17) is 17.3 Å². The van der Waals surface area contributed by atoms with Crippen LogP contribution in [0, 0.1) is 10.1 Å². The molecule has 0 saturated carbocycles. The Hall–Kier alpha value is -2.60. The fourth-order valence-electron chi connectivity index (χ4n) is 1.65. The van der Waals surface area contributed by atoms with Crippen molar-refractivity contribution in [1.29, 1.82) is 0 Å². The number of halogens is 1. The Kier molecular flexibility index (Phi) is 3.86. The van der Waals surface area contributed by atoms with E-state index in [1.807, 2.05) is 0 Å². The first-order valence-corrected chi connectivity index (χ1v) is 5.96. The third-order valence-corrected chi connectivity index (χ3v) is 2.85. The molecule has 6 nitrogen and oxygen atoms in total. The van der Waals surface area contributed by atoms with Gasteiger partial charge in [-0.25, -0.2) is 0 Å². The molecule has 0 bridgehead atoms. The quantitative estimate of drug-likeness (QED) is 0.516. The summed E-state index contributed by atoms with van der Waals surface area (Å²) >= 11 is 5.69. The molecule has 0 heterocycles. The highest BCUT2D eigenvalue weighted by atomic mass is 35.5. The number of nitrogens with zero attached hydrogens (tertiary/aromatic N) is 1. The lowest BCUT2D eigenvalue weighted by molar-refractivity contribution is -0.385. The van der Waals surface area contributed by atoms with Gasteiger partial charge in [0.05, 0.1) is 16.3 Å². The van der Waals surface area contributed by atoms with Crippen molar-refractivity contribution in [2.24, 2.45) is 0 Å². The number of para-hydroxylation sites is 2. The molecule has 0 aromatic heterocycles. The minimum atomic E-state index is -0.658. The molecule has 0 atom stereocenters. The van der Waals surface area contributed by atoms with E-state index >= 15 is 0 Å². The Morgan fingerprint density at radius 2 is 1.95 bits per heavy atom. The molecule has 0 fully saturated rings. The van der Waals surface area contributed by atoms with Crippen LogP contribution in [0.5, 0.6) is 0 Å². The van der Waals surface area contributed by atoms with Crippen LogP contribution in [-0.4, -0.2) is 10.8 Å². The maximum atomic E-state index is 12.1. The minimum absolute atomic E-state index is 0.0809. The largest absolute Gasteiger partial charge is 0.397 e. The van der Waals surface area contributed by atoms with Crippen LogP contribution in [0.15, 0.2) is 42.5 Å². The lowest BCUT2D eigenvalue weighted by Gasteiger charge is -2.08. The molecule has 0 aliphatic carbocycles. The van der Waals surface area contributed by atoms with Crippen LogP contribution < -0.4 is 11.1 Å². The summed E-state index contributed by atoms with van der Waals surface area (Å²) in [6.07, 6.45) is 0. The van der Waals surface area contributed by atoms with E-state index in [1.54, 1.807) is 24.3 Å². The van der Waals surface area contributed by atoms with Crippen LogP contribution in [0.4, 0.5) is 17.1 Å². The predicted octanol–water partition coefficient (Wildman–Crippen LogP) is 3.08. The summed E-state index contributed by atoms with van der Waals surface area (Å²) in [5.41, 5.74) is 6.02. The maximum Gasteiger partial charge on any atom is 0.283 e. The highest BCUT2D eigenvalue weighted by Gasteiger charge is 2.21. The fourth-order valence-corrected chi connectivity index (χ4v) is 1.81. The second kappa shape index (κ2) is 5.58. The van der Waals surface area contributed by atoms with Crippen molar-refractivity contribution in [1.82, 2.24) is 0 Å². The van der Waals surface area contributed by atoms with Crippen molar-refractivity contribution >= 4 is 34.6 Å². The first-order chi connectivity index (χ1) is 9.49. The molecule has 20 heavy (non-hydrogen) atoms. The summed E-state index contributed by atoms with van der Waals surface area (Å²) in [5.74, 6) is -0.619. The van der Waals surface area contributed by atoms with Gasteiger partial charge in [-0.1, -0.05) is 23.7 Å². The number of carbonyl (C=O) groups excluding carboxylic acids is 1. The molecule has 102 valence electrons. The summed E-state index contributed by atoms with van der Waals surface area (Å²) in [7, 11) is 0. The second-order valence-corrected chi connectivity index (χ2v) is 4.40. The molecule has 0 aliphatic heterocycles. The molecule has 3 N–H and O–H groups in total. The standard InChI is InChI=1S/C13H10ClN3O3/c14-8-5-6-9(12(7-8)17(19)20)13(18)16-11-4-2-1-3-10(11)15/h1-7H,15H2,(H,16,18). The molecule has 2 aromatic carbocycles. The van der Waals surface area contributed by atoms with Crippen molar-refractivity contribution in [3.63, 3.8) is 0 Å². The number of hydrogen-bond acceptors (Lipinski definition) is 4. The van der Waals surface area contributed by atoms with E-state index in [0.717, 1.165) is 6.07 Å². The molecular formula is C13H10ClN3O3. The molecule has 1 amide bonds. The Balaban J connectivity index is 2.35. The van der Waals surface area contributed by atoms with Gasteiger partial charge in [0, 0.05) is 11.1 Å². The summed E-state index contributed by atoms with van der Waals surface area (Å²) in [5, 5.41) is 13.7. The zero-order valence-electron chi connectivity index (χ0n) is 10.2. The Bertz CT molecular complexity index is 688. The van der Waals surface area contributed by atoms with E-state index in [9.17, 15) is 14.9 Å². The maximum absolute atomic E-state index is 12.1. The van der Waals surface area contributed by atoms with Gasteiger partial charge in [-0.2, -0.15) is 0 Å². The highest BCUT2D eigenvalue weighted by Crippen LogP contribution is 2.25. The highest BCUT2D eigenvalue weighted by molar-refractivity contribution is 6.31. The lowest BCUT2D eigenvalue weighted by Crippen LogP contribution is -2.14. The fraction of sp³-hybridized carbons (Fsp3) is 0. The smallest absolute Gasteiger partial charge is 0.283 e. The van der Waals surface area contributed by atoms with Gasteiger partial charge in [-0.05, 0) is 24.3 Å². The normalized spacial score (nSPS) is 10.1. The zero-order chi connectivity index (χ0) is 14.7. The number of carbonyl (C=O) groups is 1. The lowest BCUT2D eigenvalue weighted by atomic mass is 10.1. The minimum Gasteiger partial charge on any atom is -0.397 e. The van der Waals surface area contributed by atoms with Gasteiger partial charge >= 0.3 is 0 Å². The van der Waals surface area contributed by atoms with E-state index < -0.39 is 10.8 Å². The molecule has 0 aliphatic rings. The van der Waals surface area contributed by atoms with Gasteiger partial charge in [0.1, 0.15) is 5.56 Å². The van der Waals surface area contributed by atoms with Gasteiger partial charge in [0.2, 0.25) is 0 Å². The van der Waals surface area contributed by atoms with Crippen LogP contribution in [0.25, 0.3) is 0 Å². The third-order valence-electron chi connectivity index (χ3n) is 2.61. The first kappa shape index (κ1) is 13.8. The summed E-state index contributed by atoms with van der Waals surface area (Å²) in [4.78, 5) is 22.4. The van der Waals surface area contributed by atoms with Gasteiger partial charge in [-0.15, -0.1) is 0 Å². The van der Waals surface area contributed by atoms with Crippen LogP contribution in [0.3, 0.4) is 0 Å². The Morgan fingerprint density at radius 1 is 1.25 bits per heavy atom. The number of benzene rings is 2. The zero-order valence-corrected chi connectivity index (χ0v) is 10.9. The number of rotatable bonds is 3. The number of hydrogen-bond donors (Lipinski definition) is 2. The molecule has 7 heteroatoms. The summed E-state index contributed by atoms with van der Waals surface area (Å²) < 4.78 is 0. The van der Waals surface area contributed by atoms with Crippen LogP contribution in [0.2, 0.25) is 5.02 Å². The monoisotopic (exact) mass is 291 g/mol. The molecule has 0 unspecified atom stereocenters. The molecular weight excluding hydrogens is 282 g/mol. The van der Waals surface area contributed by atoms with Crippen molar-refractivity contribution < 1.29 is 9.72 Å². The average Bonchev–Trinajstić information content (AvgIpc) is 2.41. The second-order valence-electron chi connectivity index (χ2n) is 3.96. The third kappa shape index (κ3) is 2.86. The summed E-state index contributed by atoms with van der Waals surface area (Å²) in [6, 6.07) is 10.5. The Labute approximate surface area is 119 Å². The van der Waals surface area contributed by atoms with Crippen molar-refractivity contribution in [2.45, 2.75) is 0 Å². The van der Waals surface area contributed by atoms with Crippen LogP contribution in [0.1, 0.15) is 10.4 Å². The van der Waals surface area contributed by atoms with E-state index in [0.29, 0.717) is 11.4 Å². The SMILES string of the molecule is Nc1ccccc1NC(=O)c1ccc(Cl)cc1[N+](=O)[O-]. The van der Waals surface area contributed by atoms with E-state index in [2.05, 4.69) is 5.32 Å². The summed E-state index contributed by atoms with van der Waals surface area (Å²) in [6.45, 7) is 0. The Morgan fingerprint density at radius 3 is 2.60 bits per heavy atom. The molecule has 0 spiro atoms. The number of nitrogen functional groups attached to an aromatic ring is 1. The van der Waals surface area contributed by atoms with Crippen molar-refractivity contribution in [3.8, 4) is 0 Å². The molecule has 0 radical (unpaired) electrons. The number of nitro benzene ring substituents is 1. The number of anilines is 2. The van der Waals surface area contributed by atoms with E-state index in [-0.39, 0.29) is 16.3 Å². The number of nitrogens with two attached hydrogens (primary N) is 1. The van der Waals surface area contributed by atoms with Gasteiger partial charge in [0.25, 0.3) is 11.6 Å². The average molecular weight is 292 g/mol. The first-order valence-electron chi connectivity index (χ1n) is 5.59. The number of amides is 1. The molecule has 2 aromatic rings. The van der Waals surface area contributed by atoms with Gasteiger partial charge in [0.15, 0.2) is 0 Å². The number of nitro groups is 1. The van der Waals surface area contributed by atoms with Crippen molar-refractivity contribution in [2.75, 3.05) is 11.1 Å². The molecule has 2 rings (SSSR count). The topological polar surface area (TPSA) is 98.3 Å². The van der Waals surface area contributed by atoms with Crippen LogP contribution in [-0.2, 0) is 0 Å². The van der Waals surface area contributed by atoms with E-state index in [1.165, 1.54) is 12.1 Å². The van der Waals surface area contributed by atoms with Crippen LogP contribution >= 0.6 is 11.6 Å². The predicted molar refractivity (Wildman–Crippen MR) is 76.9 cm³/mol. The molecule has 0 saturated heterocycles. The van der Waals surface area contributed by atoms with Gasteiger partial charge < -0.3 is 11.1 Å². The number of nitrogens with one attached hydrogen (secondary N) is 1.